The zero-order valence-corrected chi connectivity index (χ0v) is 15.6. The third-order valence-corrected chi connectivity index (χ3v) is 4.16. The molecular weight excluding hydrogens is 370 g/mol. The van der Waals surface area contributed by atoms with Gasteiger partial charge in [0.2, 0.25) is 5.95 Å². The second kappa shape index (κ2) is 7.86. The van der Waals surface area contributed by atoms with Crippen molar-refractivity contribution in [1.29, 1.82) is 5.26 Å². The fourth-order valence-electron chi connectivity index (χ4n) is 2.81. The third-order valence-electron chi connectivity index (χ3n) is 4.16. The fraction of sp³-hybridized carbons (Fsp3) is 0.143. The number of nitrogens with zero attached hydrogens (tertiary/aromatic N) is 3. The first-order chi connectivity index (χ1) is 14.1. The van der Waals surface area contributed by atoms with Gasteiger partial charge in [-0.2, -0.15) is 5.26 Å². The molecule has 0 spiro atoms. The Bertz CT molecular complexity index is 1110. The average molecular weight is 387 g/mol. The maximum atomic E-state index is 12.7. The molecule has 0 bridgehead atoms. The van der Waals surface area contributed by atoms with Crippen LogP contribution in [0.15, 0.2) is 48.5 Å². The van der Waals surface area contributed by atoms with Crippen LogP contribution < -0.4 is 20.1 Å². The molecule has 1 aromatic heterocycles. The van der Waals surface area contributed by atoms with E-state index in [2.05, 4.69) is 26.7 Å². The highest BCUT2D eigenvalue weighted by atomic mass is 16.6. The van der Waals surface area contributed by atoms with Crippen LogP contribution in [-0.4, -0.2) is 29.1 Å². The fourth-order valence-corrected chi connectivity index (χ4v) is 2.81. The van der Waals surface area contributed by atoms with Gasteiger partial charge in [0, 0.05) is 23.1 Å². The number of amides is 1. The molecule has 2 N–H and O–H groups in total. The first-order valence-electron chi connectivity index (χ1n) is 8.94. The number of rotatable bonds is 4. The van der Waals surface area contributed by atoms with Crippen LogP contribution in [0, 0.1) is 18.3 Å². The number of ether oxygens (including phenoxy) is 2. The summed E-state index contributed by atoms with van der Waals surface area (Å²) in [6.07, 6.45) is 0. The minimum atomic E-state index is -0.366. The van der Waals surface area contributed by atoms with E-state index in [0.29, 0.717) is 53.3 Å². The molecule has 29 heavy (non-hydrogen) atoms. The Kier molecular flexibility index (Phi) is 4.95. The number of hydrogen-bond donors (Lipinski definition) is 2. The number of carbonyl (C=O) groups is 1. The Balaban J connectivity index is 1.52. The Morgan fingerprint density at radius 2 is 1.72 bits per heavy atom. The SMILES string of the molecule is Cc1cc(C(=O)Nc2ccc3c(c2)OCCO3)nc(Nc2ccc(C#N)cc2)n1. The smallest absolute Gasteiger partial charge is 0.274 e. The van der Waals surface area contributed by atoms with E-state index in [0.717, 1.165) is 0 Å². The van der Waals surface area contributed by atoms with Crippen molar-refractivity contribution in [3.63, 3.8) is 0 Å². The molecule has 0 atom stereocenters. The number of nitriles is 1. The van der Waals surface area contributed by atoms with Gasteiger partial charge in [0.1, 0.15) is 18.9 Å². The summed E-state index contributed by atoms with van der Waals surface area (Å²) in [5.41, 5.74) is 2.72. The molecule has 8 heteroatoms. The van der Waals surface area contributed by atoms with Crippen molar-refractivity contribution in [3.8, 4) is 17.6 Å². The minimum Gasteiger partial charge on any atom is -0.486 e. The largest absolute Gasteiger partial charge is 0.486 e. The third kappa shape index (κ3) is 4.25. The normalized spacial score (nSPS) is 12.0. The topological polar surface area (TPSA) is 109 Å². The second-order valence-corrected chi connectivity index (χ2v) is 6.34. The van der Waals surface area contributed by atoms with E-state index in [1.807, 2.05) is 0 Å². The van der Waals surface area contributed by atoms with Gasteiger partial charge in [-0.25, -0.2) is 9.97 Å². The molecule has 4 rings (SSSR count). The van der Waals surface area contributed by atoms with Gasteiger partial charge >= 0.3 is 0 Å². The Morgan fingerprint density at radius 1 is 1.00 bits per heavy atom. The highest BCUT2D eigenvalue weighted by Crippen LogP contribution is 2.32. The minimum absolute atomic E-state index is 0.225. The van der Waals surface area contributed by atoms with Crippen molar-refractivity contribution in [2.24, 2.45) is 0 Å². The molecular formula is C21H17N5O3. The maximum Gasteiger partial charge on any atom is 0.274 e. The summed E-state index contributed by atoms with van der Waals surface area (Å²) in [7, 11) is 0. The van der Waals surface area contributed by atoms with E-state index in [1.54, 1.807) is 55.5 Å². The van der Waals surface area contributed by atoms with Gasteiger partial charge in [-0.1, -0.05) is 0 Å². The molecule has 144 valence electrons. The van der Waals surface area contributed by atoms with Gasteiger partial charge in [0.05, 0.1) is 11.6 Å². The van der Waals surface area contributed by atoms with E-state index in [-0.39, 0.29) is 11.6 Å². The first-order valence-corrected chi connectivity index (χ1v) is 8.94. The summed E-state index contributed by atoms with van der Waals surface area (Å²) in [5.74, 6) is 1.18. The van der Waals surface area contributed by atoms with Gasteiger partial charge in [-0.3, -0.25) is 4.79 Å². The quantitative estimate of drug-likeness (QED) is 0.706. The van der Waals surface area contributed by atoms with Crippen molar-refractivity contribution in [3.05, 3.63) is 65.5 Å². The van der Waals surface area contributed by atoms with Gasteiger partial charge in [0.15, 0.2) is 11.5 Å². The standard InChI is InChI=1S/C21H17N5O3/c1-13-10-17(26-21(23-13)25-15-4-2-14(12-22)3-5-15)20(27)24-16-6-7-18-19(11-16)29-9-8-28-18/h2-7,10-11H,8-9H2,1H3,(H,24,27)(H,23,25,26). The predicted octanol–water partition coefficient (Wildman–Crippen LogP) is 3.42. The number of nitrogens with one attached hydrogen (secondary N) is 2. The van der Waals surface area contributed by atoms with Crippen LogP contribution >= 0.6 is 0 Å². The highest BCUT2D eigenvalue weighted by molar-refractivity contribution is 6.03. The molecule has 3 aromatic rings. The summed E-state index contributed by atoms with van der Waals surface area (Å²) in [6.45, 7) is 2.76. The van der Waals surface area contributed by atoms with Crippen LogP contribution in [0.5, 0.6) is 11.5 Å². The van der Waals surface area contributed by atoms with E-state index in [9.17, 15) is 4.79 Å². The Labute approximate surface area is 167 Å². The zero-order valence-electron chi connectivity index (χ0n) is 15.6. The van der Waals surface area contributed by atoms with Crippen LogP contribution in [0.2, 0.25) is 0 Å². The van der Waals surface area contributed by atoms with Crippen LogP contribution in [-0.2, 0) is 0 Å². The molecule has 1 aliphatic rings. The number of aromatic nitrogens is 2. The summed E-state index contributed by atoms with van der Waals surface area (Å²) >= 11 is 0. The van der Waals surface area contributed by atoms with Gasteiger partial charge < -0.3 is 20.1 Å². The number of hydrogen-bond acceptors (Lipinski definition) is 7. The zero-order chi connectivity index (χ0) is 20.2. The van der Waals surface area contributed by atoms with Crippen LogP contribution in [0.1, 0.15) is 21.7 Å². The van der Waals surface area contributed by atoms with Crippen molar-refractivity contribution in [1.82, 2.24) is 9.97 Å². The molecule has 0 aliphatic carbocycles. The lowest BCUT2D eigenvalue weighted by molar-refractivity contribution is 0.102. The summed E-state index contributed by atoms with van der Waals surface area (Å²) in [4.78, 5) is 21.3. The number of carbonyl (C=O) groups excluding carboxylic acids is 1. The molecule has 8 nitrogen and oxygen atoms in total. The van der Waals surface area contributed by atoms with Crippen LogP contribution in [0.3, 0.4) is 0 Å². The highest BCUT2D eigenvalue weighted by Gasteiger charge is 2.15. The molecule has 0 radical (unpaired) electrons. The summed E-state index contributed by atoms with van der Waals surface area (Å²) in [5, 5.41) is 14.7. The Morgan fingerprint density at radius 3 is 2.48 bits per heavy atom. The first kappa shape index (κ1) is 18.3. The Hall–Kier alpha value is -4.12. The predicted molar refractivity (Wildman–Crippen MR) is 107 cm³/mol. The van der Waals surface area contributed by atoms with Crippen LogP contribution in [0.25, 0.3) is 0 Å². The van der Waals surface area contributed by atoms with Gasteiger partial charge in [-0.05, 0) is 49.4 Å². The van der Waals surface area contributed by atoms with Crippen molar-refractivity contribution in [2.75, 3.05) is 23.8 Å². The van der Waals surface area contributed by atoms with Crippen LogP contribution in [0.4, 0.5) is 17.3 Å². The lowest BCUT2D eigenvalue weighted by Gasteiger charge is -2.19. The van der Waals surface area contributed by atoms with Crippen molar-refractivity contribution in [2.45, 2.75) is 6.92 Å². The molecule has 0 saturated carbocycles. The van der Waals surface area contributed by atoms with E-state index >= 15 is 0 Å². The molecule has 0 unspecified atom stereocenters. The lowest BCUT2D eigenvalue weighted by atomic mass is 10.2. The van der Waals surface area contributed by atoms with Crippen molar-refractivity contribution >= 4 is 23.2 Å². The molecule has 1 amide bonds. The van der Waals surface area contributed by atoms with E-state index in [1.165, 1.54) is 0 Å². The number of aryl methyl sites for hydroxylation is 1. The van der Waals surface area contributed by atoms with Gasteiger partial charge in [-0.15, -0.1) is 0 Å². The van der Waals surface area contributed by atoms with Crippen molar-refractivity contribution < 1.29 is 14.3 Å². The number of fused-ring (bicyclic) bond motifs is 1. The maximum absolute atomic E-state index is 12.7. The lowest BCUT2D eigenvalue weighted by Crippen LogP contribution is -2.17. The van der Waals surface area contributed by atoms with E-state index < -0.39 is 0 Å². The molecule has 1 aliphatic heterocycles. The second-order valence-electron chi connectivity index (χ2n) is 6.34. The molecule has 0 saturated heterocycles. The van der Waals surface area contributed by atoms with Gasteiger partial charge in [0.25, 0.3) is 5.91 Å². The molecule has 0 fully saturated rings. The molecule has 2 aromatic carbocycles. The molecule has 2 heterocycles. The summed E-state index contributed by atoms with van der Waals surface area (Å²) < 4.78 is 11.0. The number of anilines is 3. The summed E-state index contributed by atoms with van der Waals surface area (Å²) in [6, 6.07) is 15.8. The van der Waals surface area contributed by atoms with E-state index in [4.69, 9.17) is 14.7 Å². The number of benzene rings is 2. The average Bonchev–Trinajstić information content (AvgIpc) is 2.74. The monoisotopic (exact) mass is 387 g/mol.